The molecule has 0 aliphatic carbocycles. The molecule has 0 amide bonds. The van der Waals surface area contributed by atoms with Gasteiger partial charge in [0.1, 0.15) is 0 Å². The highest BCUT2D eigenvalue weighted by molar-refractivity contribution is 5.97. The zero-order chi connectivity index (χ0) is 14.5. The second-order valence-corrected chi connectivity index (χ2v) is 5.20. The first-order chi connectivity index (χ1) is 9.63. The second kappa shape index (κ2) is 8.05. The Bertz CT molecular complexity index is 460. The Morgan fingerprint density at radius 3 is 2.67 bits per heavy atom. The quantitative estimate of drug-likeness (QED) is 0.771. The van der Waals surface area contributed by atoms with Gasteiger partial charge in [0.15, 0.2) is 12.0 Å². The maximum absolute atomic E-state index is 12.6. The number of nitrogens with one attached hydrogen (secondary N) is 1. The first kappa shape index (κ1) is 17.5. The highest BCUT2D eigenvalue weighted by Crippen LogP contribution is 2.19. The van der Waals surface area contributed by atoms with Crippen LogP contribution in [0.2, 0.25) is 0 Å². The molecule has 0 radical (unpaired) electrons. The number of H-pyrrole nitrogens is 1. The van der Waals surface area contributed by atoms with Gasteiger partial charge in [-0.05, 0) is 34.0 Å². The van der Waals surface area contributed by atoms with Crippen molar-refractivity contribution in [1.29, 1.82) is 0 Å². The lowest BCUT2D eigenvalue weighted by atomic mass is 10.2. The van der Waals surface area contributed by atoms with Gasteiger partial charge in [0.05, 0.1) is 0 Å². The standard InChI is InChI=1S/C14H23N5O.ClH/c1-4-18-10-11-19(9-5-8-17(2)3)14(18)12(20)13-15-6-7-16-13;/h6-7,10-11,14H,4-5,8-9H2,1-3H3,(H,15,16);1H. The van der Waals surface area contributed by atoms with E-state index in [-0.39, 0.29) is 24.4 Å². The Morgan fingerprint density at radius 1 is 1.38 bits per heavy atom. The van der Waals surface area contributed by atoms with E-state index in [1.165, 1.54) is 0 Å². The third-order valence-corrected chi connectivity index (χ3v) is 3.43. The normalized spacial score (nSPS) is 17.4. The largest absolute Gasteiger partial charge is 0.350 e. The number of ketones is 1. The molecular weight excluding hydrogens is 290 g/mol. The van der Waals surface area contributed by atoms with Crippen LogP contribution >= 0.6 is 12.4 Å². The topological polar surface area (TPSA) is 55.5 Å². The average molecular weight is 314 g/mol. The third-order valence-electron chi connectivity index (χ3n) is 3.43. The van der Waals surface area contributed by atoms with Crippen LogP contribution in [0.15, 0.2) is 24.8 Å². The average Bonchev–Trinajstić information content (AvgIpc) is 3.06. The fraction of sp³-hybridized carbons (Fsp3) is 0.571. The van der Waals surface area contributed by atoms with Gasteiger partial charge in [-0.2, -0.15) is 0 Å². The van der Waals surface area contributed by atoms with Crippen LogP contribution in [0.5, 0.6) is 0 Å². The van der Waals surface area contributed by atoms with Gasteiger partial charge in [0.25, 0.3) is 0 Å². The minimum Gasteiger partial charge on any atom is -0.350 e. The SMILES string of the molecule is CCN1C=CN(CCCN(C)C)C1C(=O)c1ncc[nH]1.Cl. The van der Waals surface area contributed by atoms with Crippen molar-refractivity contribution >= 4 is 18.2 Å². The molecule has 1 aliphatic rings. The smallest absolute Gasteiger partial charge is 0.240 e. The minimum atomic E-state index is -0.270. The molecule has 7 heteroatoms. The molecule has 0 bridgehead atoms. The van der Waals surface area contributed by atoms with E-state index in [2.05, 4.69) is 40.8 Å². The van der Waals surface area contributed by atoms with E-state index in [0.29, 0.717) is 5.82 Å². The summed E-state index contributed by atoms with van der Waals surface area (Å²) < 4.78 is 0. The predicted molar refractivity (Wildman–Crippen MR) is 85.4 cm³/mol. The number of halogens is 1. The summed E-state index contributed by atoms with van der Waals surface area (Å²) in [4.78, 5) is 25.8. The summed E-state index contributed by atoms with van der Waals surface area (Å²) in [6, 6.07) is 0. The van der Waals surface area contributed by atoms with Crippen molar-refractivity contribution in [3.8, 4) is 0 Å². The van der Waals surface area contributed by atoms with Crippen molar-refractivity contribution in [3.05, 3.63) is 30.6 Å². The van der Waals surface area contributed by atoms with Crippen molar-refractivity contribution in [1.82, 2.24) is 24.7 Å². The molecule has 2 heterocycles. The number of hydrogen-bond donors (Lipinski definition) is 1. The van der Waals surface area contributed by atoms with Crippen LogP contribution in [0.25, 0.3) is 0 Å². The third kappa shape index (κ3) is 4.22. The zero-order valence-corrected chi connectivity index (χ0v) is 13.6. The van der Waals surface area contributed by atoms with Gasteiger partial charge in [0.2, 0.25) is 5.78 Å². The van der Waals surface area contributed by atoms with Crippen LogP contribution in [0.4, 0.5) is 0 Å². The molecule has 1 unspecified atom stereocenters. The van der Waals surface area contributed by atoms with Crippen LogP contribution in [-0.4, -0.2) is 70.3 Å². The van der Waals surface area contributed by atoms with E-state index >= 15 is 0 Å². The Labute approximate surface area is 132 Å². The molecule has 1 N–H and O–H groups in total. The van der Waals surface area contributed by atoms with Gasteiger partial charge in [-0.25, -0.2) is 4.98 Å². The van der Waals surface area contributed by atoms with Gasteiger partial charge in [-0.1, -0.05) is 0 Å². The molecule has 1 atom stereocenters. The molecule has 6 nitrogen and oxygen atoms in total. The predicted octanol–water partition coefficient (Wildman–Crippen LogP) is 1.40. The van der Waals surface area contributed by atoms with Gasteiger partial charge in [-0.3, -0.25) is 4.79 Å². The van der Waals surface area contributed by atoms with E-state index in [9.17, 15) is 4.79 Å². The van der Waals surface area contributed by atoms with Crippen molar-refractivity contribution < 1.29 is 4.79 Å². The summed E-state index contributed by atoms with van der Waals surface area (Å²) in [6.07, 6.45) is 8.04. The molecule has 1 aromatic heterocycles. The molecule has 2 rings (SSSR count). The number of rotatable bonds is 7. The first-order valence-corrected chi connectivity index (χ1v) is 7.01. The number of nitrogens with zero attached hydrogens (tertiary/aromatic N) is 4. The first-order valence-electron chi connectivity index (χ1n) is 7.01. The van der Waals surface area contributed by atoms with Crippen LogP contribution in [0.3, 0.4) is 0 Å². The summed E-state index contributed by atoms with van der Waals surface area (Å²) in [6.45, 7) is 4.73. The summed E-state index contributed by atoms with van der Waals surface area (Å²) >= 11 is 0. The molecule has 21 heavy (non-hydrogen) atoms. The summed E-state index contributed by atoms with van der Waals surface area (Å²) in [7, 11) is 4.12. The van der Waals surface area contributed by atoms with Crippen molar-refractivity contribution in [2.45, 2.75) is 19.5 Å². The van der Waals surface area contributed by atoms with E-state index in [1.807, 2.05) is 17.3 Å². The molecule has 0 aromatic carbocycles. The summed E-state index contributed by atoms with van der Waals surface area (Å²) in [5, 5.41) is 0. The number of carbonyl (C=O) groups is 1. The van der Waals surface area contributed by atoms with Crippen LogP contribution in [-0.2, 0) is 0 Å². The summed E-state index contributed by atoms with van der Waals surface area (Å²) in [5.74, 6) is 0.446. The lowest BCUT2D eigenvalue weighted by Gasteiger charge is -2.30. The van der Waals surface area contributed by atoms with Gasteiger partial charge in [0, 0.05) is 37.9 Å². The van der Waals surface area contributed by atoms with Gasteiger partial charge >= 0.3 is 0 Å². The molecule has 1 aliphatic heterocycles. The van der Waals surface area contributed by atoms with Crippen LogP contribution in [0.1, 0.15) is 24.0 Å². The number of likely N-dealkylation sites (N-methyl/N-ethyl adjacent to an activating group) is 1. The van der Waals surface area contributed by atoms with Crippen LogP contribution in [0, 0.1) is 0 Å². The number of hydrogen-bond acceptors (Lipinski definition) is 5. The highest BCUT2D eigenvalue weighted by Gasteiger charge is 2.33. The number of aromatic nitrogens is 2. The number of carbonyl (C=O) groups excluding carboxylic acids is 1. The Kier molecular flexibility index (Phi) is 6.71. The Morgan fingerprint density at radius 2 is 2.10 bits per heavy atom. The molecule has 118 valence electrons. The Balaban J connectivity index is 0.00000220. The highest BCUT2D eigenvalue weighted by atomic mass is 35.5. The van der Waals surface area contributed by atoms with E-state index < -0.39 is 0 Å². The van der Waals surface area contributed by atoms with E-state index in [4.69, 9.17) is 0 Å². The number of imidazole rings is 1. The van der Waals surface area contributed by atoms with Crippen LogP contribution < -0.4 is 0 Å². The molecule has 0 spiro atoms. The Hall–Kier alpha value is -1.53. The van der Waals surface area contributed by atoms with Crippen molar-refractivity contribution in [3.63, 3.8) is 0 Å². The fourth-order valence-electron chi connectivity index (χ4n) is 2.39. The maximum atomic E-state index is 12.6. The lowest BCUT2D eigenvalue weighted by Crippen LogP contribution is -2.45. The molecule has 0 saturated heterocycles. The monoisotopic (exact) mass is 313 g/mol. The van der Waals surface area contributed by atoms with Gasteiger partial charge < -0.3 is 19.7 Å². The second-order valence-electron chi connectivity index (χ2n) is 5.20. The molecule has 0 saturated carbocycles. The molecule has 1 aromatic rings. The minimum absolute atomic E-state index is 0. The molecule has 0 fully saturated rings. The number of aromatic amines is 1. The van der Waals surface area contributed by atoms with Crippen molar-refractivity contribution in [2.75, 3.05) is 33.7 Å². The summed E-state index contributed by atoms with van der Waals surface area (Å²) in [5.41, 5.74) is 0. The molecular formula is C14H24ClN5O. The number of Topliss-reactive ketones (excluding diaryl/α,β-unsaturated/α-hetero) is 1. The van der Waals surface area contributed by atoms with Crippen molar-refractivity contribution in [2.24, 2.45) is 0 Å². The van der Waals surface area contributed by atoms with E-state index in [1.54, 1.807) is 12.4 Å². The maximum Gasteiger partial charge on any atom is 0.240 e. The zero-order valence-electron chi connectivity index (χ0n) is 12.8. The fourth-order valence-corrected chi connectivity index (χ4v) is 2.39. The van der Waals surface area contributed by atoms with E-state index in [0.717, 1.165) is 26.1 Å². The van der Waals surface area contributed by atoms with Gasteiger partial charge in [-0.15, -0.1) is 12.4 Å². The lowest BCUT2D eigenvalue weighted by molar-refractivity contribution is 0.0712.